The van der Waals surface area contributed by atoms with Crippen LogP contribution in [0.4, 0.5) is 0 Å². The fourth-order valence-corrected chi connectivity index (χ4v) is 5.66. The van der Waals surface area contributed by atoms with Crippen LogP contribution in [-0.2, 0) is 0 Å². The molecule has 0 aliphatic heterocycles. The third-order valence-electron chi connectivity index (χ3n) is 7.66. The van der Waals surface area contributed by atoms with Crippen molar-refractivity contribution in [2.75, 3.05) is 0 Å². The molecule has 2 aromatic heterocycles. The second-order valence-corrected chi connectivity index (χ2v) is 10.3. The summed E-state index contributed by atoms with van der Waals surface area (Å²) in [4.78, 5) is 10.2. The fraction of sp³-hybridized carbons (Fsp3) is 0. The summed E-state index contributed by atoms with van der Waals surface area (Å²) in [6.07, 6.45) is 0. The van der Waals surface area contributed by atoms with Gasteiger partial charge in [0.25, 0.3) is 0 Å². The lowest BCUT2D eigenvalue weighted by Gasteiger charge is -2.12. The Balaban J connectivity index is 1.39. The van der Waals surface area contributed by atoms with E-state index in [2.05, 4.69) is 109 Å². The lowest BCUT2D eigenvalue weighted by atomic mass is 9.95. The van der Waals surface area contributed by atoms with Gasteiger partial charge < -0.3 is 4.42 Å². The van der Waals surface area contributed by atoms with Crippen LogP contribution in [0.15, 0.2) is 150 Å². The van der Waals surface area contributed by atoms with Crippen LogP contribution in [0.3, 0.4) is 0 Å². The Kier molecular flexibility index (Phi) is 5.46. The largest absolute Gasteiger partial charge is 0.456 e. The second kappa shape index (κ2) is 9.58. The van der Waals surface area contributed by atoms with Crippen LogP contribution in [0.5, 0.6) is 0 Å². The maximum atomic E-state index is 6.41. The van der Waals surface area contributed by atoms with Crippen molar-refractivity contribution in [3.8, 4) is 45.0 Å². The van der Waals surface area contributed by atoms with Crippen molar-refractivity contribution in [2.45, 2.75) is 0 Å². The number of aromatic nitrogens is 2. The molecule has 0 amide bonds. The van der Waals surface area contributed by atoms with E-state index < -0.39 is 0 Å². The first-order valence-corrected chi connectivity index (χ1v) is 13.7. The quantitative estimate of drug-likeness (QED) is 0.230. The fourth-order valence-electron chi connectivity index (χ4n) is 5.66. The molecule has 0 bridgehead atoms. The Labute approximate surface area is 237 Å². The summed E-state index contributed by atoms with van der Waals surface area (Å²) >= 11 is 0. The van der Waals surface area contributed by atoms with E-state index in [9.17, 15) is 0 Å². The number of hydrogen-bond acceptors (Lipinski definition) is 3. The molecule has 0 saturated carbocycles. The number of rotatable bonds is 4. The van der Waals surface area contributed by atoms with E-state index in [1.54, 1.807) is 0 Å². The normalized spacial score (nSPS) is 11.4. The van der Waals surface area contributed by atoms with Crippen LogP contribution in [0.25, 0.3) is 77.7 Å². The molecule has 0 aliphatic carbocycles. The molecule has 0 atom stereocenters. The summed E-state index contributed by atoms with van der Waals surface area (Å²) in [7, 11) is 0. The van der Waals surface area contributed by atoms with Crippen molar-refractivity contribution in [1.82, 2.24) is 9.97 Å². The zero-order chi connectivity index (χ0) is 27.2. The van der Waals surface area contributed by atoms with E-state index >= 15 is 0 Å². The Morgan fingerprint density at radius 1 is 0.415 bits per heavy atom. The van der Waals surface area contributed by atoms with Crippen LogP contribution in [0.2, 0.25) is 0 Å². The zero-order valence-corrected chi connectivity index (χ0v) is 22.2. The van der Waals surface area contributed by atoms with Gasteiger partial charge in [-0.05, 0) is 52.2 Å². The number of fused-ring (bicyclic) bond motifs is 4. The van der Waals surface area contributed by atoms with E-state index in [0.29, 0.717) is 5.82 Å². The van der Waals surface area contributed by atoms with Gasteiger partial charge in [-0.3, -0.25) is 0 Å². The highest BCUT2D eigenvalue weighted by Crippen LogP contribution is 2.40. The number of para-hydroxylation sites is 1. The topological polar surface area (TPSA) is 38.9 Å². The van der Waals surface area contributed by atoms with Crippen molar-refractivity contribution >= 4 is 32.7 Å². The minimum absolute atomic E-state index is 0.693. The molecule has 2 heterocycles. The van der Waals surface area contributed by atoms with E-state index in [0.717, 1.165) is 66.5 Å². The number of hydrogen-bond donors (Lipinski definition) is 0. The lowest BCUT2D eigenvalue weighted by Crippen LogP contribution is -1.96. The molecule has 0 fully saturated rings. The molecule has 0 spiro atoms. The second-order valence-electron chi connectivity index (χ2n) is 10.3. The molecule has 0 N–H and O–H groups in total. The smallest absolute Gasteiger partial charge is 0.160 e. The summed E-state index contributed by atoms with van der Waals surface area (Å²) in [5.41, 5.74) is 8.72. The van der Waals surface area contributed by atoms with E-state index in [4.69, 9.17) is 14.4 Å². The predicted octanol–water partition coefficient (Wildman–Crippen LogP) is 10.2. The van der Waals surface area contributed by atoms with E-state index in [1.807, 2.05) is 36.4 Å². The molecule has 41 heavy (non-hydrogen) atoms. The van der Waals surface area contributed by atoms with Crippen LogP contribution in [0, 0.1) is 0 Å². The highest BCUT2D eigenvalue weighted by atomic mass is 16.3. The third kappa shape index (κ3) is 4.16. The summed E-state index contributed by atoms with van der Waals surface area (Å²) < 4.78 is 6.41. The van der Waals surface area contributed by atoms with Gasteiger partial charge in [0.1, 0.15) is 11.2 Å². The first-order valence-electron chi connectivity index (χ1n) is 13.7. The molecular weight excluding hydrogens is 500 g/mol. The van der Waals surface area contributed by atoms with Gasteiger partial charge in [-0.1, -0.05) is 115 Å². The van der Waals surface area contributed by atoms with Crippen molar-refractivity contribution in [2.24, 2.45) is 0 Å². The SMILES string of the molecule is c1ccc(-c2cc(-c3cc(-c4ccccc4)c4c(c3)oc3ccccc34)nc(-c3ccc4ccccc4c3)n2)cc1. The summed E-state index contributed by atoms with van der Waals surface area (Å²) in [6.45, 7) is 0. The maximum Gasteiger partial charge on any atom is 0.160 e. The molecule has 0 aliphatic rings. The van der Waals surface area contributed by atoms with E-state index in [-0.39, 0.29) is 0 Å². The minimum atomic E-state index is 0.693. The zero-order valence-electron chi connectivity index (χ0n) is 22.2. The van der Waals surface area contributed by atoms with Crippen LogP contribution < -0.4 is 0 Å². The molecule has 0 saturated heterocycles. The van der Waals surface area contributed by atoms with Gasteiger partial charge in [0.05, 0.1) is 11.4 Å². The van der Waals surface area contributed by atoms with Crippen molar-refractivity contribution in [3.05, 3.63) is 146 Å². The molecule has 3 nitrogen and oxygen atoms in total. The molecule has 6 aromatic carbocycles. The molecular formula is C38H24N2O. The lowest BCUT2D eigenvalue weighted by molar-refractivity contribution is 0.669. The molecule has 192 valence electrons. The maximum absolute atomic E-state index is 6.41. The highest BCUT2D eigenvalue weighted by molar-refractivity contribution is 6.13. The Morgan fingerprint density at radius 3 is 1.88 bits per heavy atom. The number of benzene rings is 6. The molecule has 3 heteroatoms. The number of furan rings is 1. The predicted molar refractivity (Wildman–Crippen MR) is 169 cm³/mol. The first kappa shape index (κ1) is 23.4. The van der Waals surface area contributed by atoms with E-state index in [1.165, 1.54) is 5.39 Å². The van der Waals surface area contributed by atoms with Gasteiger partial charge in [-0.15, -0.1) is 0 Å². The Hall–Kier alpha value is -5.54. The van der Waals surface area contributed by atoms with Crippen LogP contribution in [0.1, 0.15) is 0 Å². The van der Waals surface area contributed by atoms with Gasteiger partial charge >= 0.3 is 0 Å². The van der Waals surface area contributed by atoms with Crippen molar-refractivity contribution in [3.63, 3.8) is 0 Å². The average molecular weight is 525 g/mol. The van der Waals surface area contributed by atoms with Crippen molar-refractivity contribution < 1.29 is 4.42 Å². The van der Waals surface area contributed by atoms with Crippen molar-refractivity contribution in [1.29, 1.82) is 0 Å². The Bertz CT molecular complexity index is 2200. The first-order chi connectivity index (χ1) is 20.3. The third-order valence-corrected chi connectivity index (χ3v) is 7.66. The van der Waals surface area contributed by atoms with Gasteiger partial charge in [-0.2, -0.15) is 0 Å². The molecule has 8 rings (SSSR count). The van der Waals surface area contributed by atoms with Gasteiger partial charge in [-0.25, -0.2) is 9.97 Å². The molecule has 8 aromatic rings. The minimum Gasteiger partial charge on any atom is -0.456 e. The van der Waals surface area contributed by atoms with Gasteiger partial charge in [0, 0.05) is 27.5 Å². The number of nitrogens with zero attached hydrogens (tertiary/aromatic N) is 2. The van der Waals surface area contributed by atoms with Crippen LogP contribution in [-0.4, -0.2) is 9.97 Å². The standard InChI is InChI=1S/C38H24N2O/c1-3-12-26(13-4-1)32-22-30(23-36-37(32)31-17-9-10-18-35(31)41-36)34-24-33(27-14-5-2-6-15-27)39-38(40-34)29-20-19-25-11-7-8-16-28(25)21-29/h1-24H. The summed E-state index contributed by atoms with van der Waals surface area (Å²) in [6, 6.07) is 50.2. The highest BCUT2D eigenvalue weighted by Gasteiger charge is 2.17. The summed E-state index contributed by atoms with van der Waals surface area (Å²) in [5, 5.41) is 4.58. The summed E-state index contributed by atoms with van der Waals surface area (Å²) in [5.74, 6) is 0.693. The molecule has 0 unspecified atom stereocenters. The van der Waals surface area contributed by atoms with Crippen LogP contribution >= 0.6 is 0 Å². The molecule has 0 radical (unpaired) electrons. The van der Waals surface area contributed by atoms with Gasteiger partial charge in [0.2, 0.25) is 0 Å². The monoisotopic (exact) mass is 524 g/mol. The Morgan fingerprint density at radius 2 is 1.07 bits per heavy atom. The average Bonchev–Trinajstić information content (AvgIpc) is 3.43. The van der Waals surface area contributed by atoms with Gasteiger partial charge in [0.15, 0.2) is 5.82 Å².